The molecule has 0 spiro atoms. The molecule has 0 radical (unpaired) electrons. The number of aliphatic carboxylic acids is 1. The molecular formula is C10H11NO2. The third-order valence-electron chi connectivity index (χ3n) is 1.52. The minimum Gasteiger partial charge on any atom is -0.478 e. The quantitative estimate of drug-likeness (QED) is 0.701. The highest BCUT2D eigenvalue weighted by Gasteiger charge is 1.93. The lowest BCUT2D eigenvalue weighted by Gasteiger charge is -1.97. The lowest BCUT2D eigenvalue weighted by Crippen LogP contribution is -1.89. The third kappa shape index (κ3) is 3.07. The van der Waals surface area contributed by atoms with Gasteiger partial charge < -0.3 is 5.11 Å². The molecule has 0 saturated carbocycles. The number of aromatic nitrogens is 1. The van der Waals surface area contributed by atoms with Crippen molar-refractivity contribution >= 4 is 12.0 Å². The van der Waals surface area contributed by atoms with Gasteiger partial charge in [0.2, 0.25) is 0 Å². The summed E-state index contributed by atoms with van der Waals surface area (Å²) in [6.45, 7) is 3.76. The number of carbonyl (C=O) groups is 1. The van der Waals surface area contributed by atoms with Crippen LogP contribution in [0.3, 0.4) is 0 Å². The Morgan fingerprint density at radius 2 is 1.92 bits per heavy atom. The van der Waals surface area contributed by atoms with Crippen molar-refractivity contribution in [2.45, 2.75) is 13.8 Å². The fourth-order valence-corrected chi connectivity index (χ4v) is 1.13. The maximum Gasteiger partial charge on any atom is 0.328 e. The van der Waals surface area contributed by atoms with Gasteiger partial charge in [-0.15, -0.1) is 0 Å². The van der Waals surface area contributed by atoms with Gasteiger partial charge in [0.05, 0.1) is 0 Å². The van der Waals surface area contributed by atoms with E-state index in [0.29, 0.717) is 0 Å². The van der Waals surface area contributed by atoms with E-state index in [4.69, 9.17) is 5.11 Å². The highest BCUT2D eigenvalue weighted by molar-refractivity contribution is 5.85. The molecule has 0 unspecified atom stereocenters. The summed E-state index contributed by atoms with van der Waals surface area (Å²) in [6, 6.07) is 3.68. The topological polar surface area (TPSA) is 50.2 Å². The summed E-state index contributed by atoms with van der Waals surface area (Å²) < 4.78 is 0. The number of nitrogens with zero attached hydrogens (tertiary/aromatic N) is 1. The van der Waals surface area contributed by atoms with Crippen LogP contribution in [-0.4, -0.2) is 16.1 Å². The van der Waals surface area contributed by atoms with Gasteiger partial charge in [0, 0.05) is 17.5 Å². The fourth-order valence-electron chi connectivity index (χ4n) is 1.13. The van der Waals surface area contributed by atoms with Gasteiger partial charge in [0.15, 0.2) is 0 Å². The Morgan fingerprint density at radius 3 is 2.38 bits per heavy atom. The second-order valence-corrected chi connectivity index (χ2v) is 2.85. The zero-order valence-corrected chi connectivity index (χ0v) is 7.61. The minimum atomic E-state index is -0.938. The molecule has 3 heteroatoms. The van der Waals surface area contributed by atoms with Gasteiger partial charge in [-0.05, 0) is 37.6 Å². The molecule has 0 bridgehead atoms. The molecule has 0 aliphatic carbocycles. The van der Waals surface area contributed by atoms with Crippen LogP contribution in [0, 0.1) is 13.8 Å². The van der Waals surface area contributed by atoms with Crippen LogP contribution in [0.4, 0.5) is 0 Å². The summed E-state index contributed by atoms with van der Waals surface area (Å²) in [5, 5.41) is 8.41. The minimum absolute atomic E-state index is 0.868. The number of carboxylic acid groups (broad SMARTS) is 1. The molecule has 0 amide bonds. The molecule has 13 heavy (non-hydrogen) atoms. The average molecular weight is 177 g/mol. The molecule has 1 N–H and O–H groups in total. The molecule has 3 nitrogen and oxygen atoms in total. The summed E-state index contributed by atoms with van der Waals surface area (Å²) in [5.74, 6) is -0.938. The van der Waals surface area contributed by atoms with Crippen LogP contribution in [0.25, 0.3) is 6.08 Å². The Morgan fingerprint density at radius 1 is 1.38 bits per heavy atom. The highest BCUT2D eigenvalue weighted by Crippen LogP contribution is 2.06. The van der Waals surface area contributed by atoms with Crippen molar-refractivity contribution in [1.82, 2.24) is 4.98 Å². The van der Waals surface area contributed by atoms with Crippen molar-refractivity contribution < 1.29 is 9.90 Å². The summed E-state index contributed by atoms with van der Waals surface area (Å²) in [6.07, 6.45) is 2.68. The smallest absolute Gasteiger partial charge is 0.328 e. The van der Waals surface area contributed by atoms with Crippen LogP contribution in [0.5, 0.6) is 0 Å². The maximum absolute atomic E-state index is 10.2. The number of hydrogen-bond donors (Lipinski definition) is 1. The molecule has 0 aromatic carbocycles. The van der Waals surface area contributed by atoms with E-state index in [1.54, 1.807) is 6.08 Å². The molecule has 0 atom stereocenters. The highest BCUT2D eigenvalue weighted by atomic mass is 16.4. The van der Waals surface area contributed by atoms with Crippen molar-refractivity contribution in [3.63, 3.8) is 0 Å². The first-order valence-electron chi connectivity index (χ1n) is 3.94. The van der Waals surface area contributed by atoms with E-state index in [9.17, 15) is 4.79 Å². The van der Waals surface area contributed by atoms with E-state index in [0.717, 1.165) is 23.0 Å². The Hall–Kier alpha value is -1.64. The summed E-state index contributed by atoms with van der Waals surface area (Å²) in [7, 11) is 0. The van der Waals surface area contributed by atoms with Crippen molar-refractivity contribution in [2.75, 3.05) is 0 Å². The zero-order chi connectivity index (χ0) is 9.84. The molecule has 1 aromatic rings. The second kappa shape index (κ2) is 3.85. The Labute approximate surface area is 76.7 Å². The summed E-state index contributed by atoms with van der Waals surface area (Å²) >= 11 is 0. The predicted octanol–water partition coefficient (Wildman–Crippen LogP) is 1.80. The molecule has 0 aliphatic heterocycles. The predicted molar refractivity (Wildman–Crippen MR) is 50.4 cm³/mol. The number of pyridine rings is 1. The van der Waals surface area contributed by atoms with Crippen molar-refractivity contribution in [3.8, 4) is 0 Å². The first-order chi connectivity index (χ1) is 6.08. The molecule has 68 valence electrons. The number of rotatable bonds is 2. The van der Waals surface area contributed by atoms with E-state index in [2.05, 4.69) is 4.98 Å². The SMILES string of the molecule is Cc1cc(C=CC(=O)O)cc(C)n1. The van der Waals surface area contributed by atoms with E-state index >= 15 is 0 Å². The van der Waals surface area contributed by atoms with Crippen LogP contribution < -0.4 is 0 Å². The Bertz CT molecular complexity index is 336. The number of hydrogen-bond acceptors (Lipinski definition) is 2. The molecular weight excluding hydrogens is 166 g/mol. The molecule has 1 aromatic heterocycles. The molecule has 1 rings (SSSR count). The third-order valence-corrected chi connectivity index (χ3v) is 1.52. The van der Waals surface area contributed by atoms with E-state index < -0.39 is 5.97 Å². The first kappa shape index (κ1) is 9.45. The Kier molecular flexibility index (Phi) is 2.80. The molecule has 1 heterocycles. The fraction of sp³-hybridized carbons (Fsp3) is 0.200. The lowest BCUT2D eigenvalue weighted by molar-refractivity contribution is -0.131. The summed E-state index contributed by atoms with van der Waals surface area (Å²) in [4.78, 5) is 14.4. The van der Waals surface area contributed by atoms with Crippen LogP contribution in [0.1, 0.15) is 17.0 Å². The first-order valence-corrected chi connectivity index (χ1v) is 3.94. The van der Waals surface area contributed by atoms with Crippen molar-refractivity contribution in [2.24, 2.45) is 0 Å². The van der Waals surface area contributed by atoms with Crippen molar-refractivity contribution in [1.29, 1.82) is 0 Å². The molecule has 0 aliphatic rings. The van der Waals surface area contributed by atoms with Gasteiger partial charge in [0.1, 0.15) is 0 Å². The standard InChI is InChI=1S/C10H11NO2/c1-7-5-9(3-4-10(12)13)6-8(2)11-7/h3-6H,1-2H3,(H,12,13). The second-order valence-electron chi connectivity index (χ2n) is 2.85. The van der Waals surface area contributed by atoms with Gasteiger partial charge in [-0.1, -0.05) is 0 Å². The van der Waals surface area contributed by atoms with Crippen molar-refractivity contribution in [3.05, 3.63) is 35.2 Å². The van der Waals surface area contributed by atoms with Crippen LogP contribution in [0.2, 0.25) is 0 Å². The normalized spacial score (nSPS) is 10.6. The van der Waals surface area contributed by atoms with Gasteiger partial charge in [-0.3, -0.25) is 4.98 Å². The summed E-state index contributed by atoms with van der Waals surface area (Å²) in [5.41, 5.74) is 2.66. The Balaban J connectivity index is 2.95. The largest absolute Gasteiger partial charge is 0.478 e. The number of carboxylic acids is 1. The lowest BCUT2D eigenvalue weighted by atomic mass is 10.2. The van der Waals surface area contributed by atoms with Crippen LogP contribution >= 0.6 is 0 Å². The molecule has 0 fully saturated rings. The monoisotopic (exact) mass is 177 g/mol. The maximum atomic E-state index is 10.2. The van der Waals surface area contributed by atoms with Gasteiger partial charge >= 0.3 is 5.97 Å². The zero-order valence-electron chi connectivity index (χ0n) is 7.61. The molecule has 0 saturated heterocycles. The van der Waals surface area contributed by atoms with E-state index in [1.165, 1.54) is 0 Å². The van der Waals surface area contributed by atoms with Gasteiger partial charge in [0.25, 0.3) is 0 Å². The average Bonchev–Trinajstić information content (AvgIpc) is 1.99. The van der Waals surface area contributed by atoms with Crippen LogP contribution in [0.15, 0.2) is 18.2 Å². The van der Waals surface area contributed by atoms with Gasteiger partial charge in [-0.2, -0.15) is 0 Å². The van der Waals surface area contributed by atoms with E-state index in [1.807, 2.05) is 26.0 Å². The van der Waals surface area contributed by atoms with E-state index in [-0.39, 0.29) is 0 Å². The van der Waals surface area contributed by atoms with Gasteiger partial charge in [-0.25, -0.2) is 4.79 Å². The van der Waals surface area contributed by atoms with Crippen LogP contribution in [-0.2, 0) is 4.79 Å². The number of aryl methyl sites for hydroxylation is 2.